The van der Waals surface area contributed by atoms with Crippen LogP contribution in [0.15, 0.2) is 41.4 Å². The van der Waals surface area contributed by atoms with E-state index in [2.05, 4.69) is 4.98 Å². The second-order valence-electron chi connectivity index (χ2n) is 4.50. The quantitative estimate of drug-likeness (QED) is 0.480. The maximum absolute atomic E-state index is 12.7. The third-order valence-corrected chi connectivity index (χ3v) is 3.97. The predicted octanol–water partition coefficient (Wildman–Crippen LogP) is 6.06. The van der Waals surface area contributed by atoms with E-state index in [-0.39, 0.29) is 16.7 Å². The summed E-state index contributed by atoms with van der Waals surface area (Å²) in [5.74, 6) is 0.121. The van der Waals surface area contributed by atoms with Gasteiger partial charge in [0.15, 0.2) is 0 Å². The molecule has 2 aromatic rings. The summed E-state index contributed by atoms with van der Waals surface area (Å²) in [5.41, 5.74) is -2.18. The van der Waals surface area contributed by atoms with E-state index in [4.69, 9.17) is 11.6 Å². The maximum atomic E-state index is 12.7. The molecule has 0 amide bonds. The van der Waals surface area contributed by atoms with Gasteiger partial charge in [-0.15, -0.1) is 11.8 Å². The summed E-state index contributed by atoms with van der Waals surface area (Å²) in [6.07, 6.45) is -8.35. The molecule has 0 unspecified atom stereocenters. The summed E-state index contributed by atoms with van der Waals surface area (Å²) in [6, 6.07) is 4.57. The van der Waals surface area contributed by atoms with Gasteiger partial charge in [-0.25, -0.2) is 0 Å². The number of halogens is 7. The van der Waals surface area contributed by atoms with Crippen molar-refractivity contribution in [1.82, 2.24) is 4.98 Å². The van der Waals surface area contributed by atoms with E-state index in [0.717, 1.165) is 11.8 Å². The molecule has 0 saturated carbocycles. The zero-order valence-corrected chi connectivity index (χ0v) is 12.7. The standard InChI is InChI=1S/C14H8ClF6NS/c15-10-1-2-11(22-6-10)7-23-12-4-8(13(16,17)18)3-9(5-12)14(19,20)21/h1-6H,7H2. The van der Waals surface area contributed by atoms with Crippen molar-refractivity contribution >= 4 is 23.4 Å². The fourth-order valence-electron chi connectivity index (χ4n) is 1.66. The molecule has 0 aliphatic heterocycles. The maximum Gasteiger partial charge on any atom is 0.416 e. The lowest BCUT2D eigenvalue weighted by atomic mass is 10.1. The third kappa shape index (κ3) is 5.04. The van der Waals surface area contributed by atoms with E-state index >= 15 is 0 Å². The van der Waals surface area contributed by atoms with Crippen LogP contribution in [0, 0.1) is 0 Å². The molecule has 0 atom stereocenters. The van der Waals surface area contributed by atoms with Gasteiger partial charge in [0.25, 0.3) is 0 Å². The lowest BCUT2D eigenvalue weighted by Gasteiger charge is -2.14. The van der Waals surface area contributed by atoms with E-state index in [9.17, 15) is 26.3 Å². The normalized spacial score (nSPS) is 12.5. The minimum absolute atomic E-state index is 0.102. The molecule has 0 aliphatic rings. The molecule has 0 saturated heterocycles. The second kappa shape index (κ2) is 6.60. The van der Waals surface area contributed by atoms with Crippen molar-refractivity contribution in [1.29, 1.82) is 0 Å². The molecule has 23 heavy (non-hydrogen) atoms. The number of alkyl halides is 6. The molecule has 0 spiro atoms. The third-order valence-electron chi connectivity index (χ3n) is 2.74. The molecule has 0 N–H and O–H groups in total. The summed E-state index contributed by atoms with van der Waals surface area (Å²) < 4.78 is 76.4. The Morgan fingerprint density at radius 3 is 1.91 bits per heavy atom. The Kier molecular flexibility index (Phi) is 5.15. The van der Waals surface area contributed by atoms with E-state index in [0.29, 0.717) is 22.8 Å². The van der Waals surface area contributed by atoms with Crippen LogP contribution in [0.3, 0.4) is 0 Å². The highest BCUT2D eigenvalue weighted by molar-refractivity contribution is 7.98. The SMILES string of the molecule is FC(F)(F)c1cc(SCc2ccc(Cl)cn2)cc(C(F)(F)F)c1. The Hall–Kier alpha value is -1.41. The van der Waals surface area contributed by atoms with Gasteiger partial charge in [0.1, 0.15) is 0 Å². The van der Waals surface area contributed by atoms with Crippen molar-refractivity contribution in [3.8, 4) is 0 Å². The molecule has 0 bridgehead atoms. The number of hydrogen-bond donors (Lipinski definition) is 0. The van der Waals surface area contributed by atoms with Crippen molar-refractivity contribution in [2.24, 2.45) is 0 Å². The molecule has 1 aromatic heterocycles. The first-order valence-electron chi connectivity index (χ1n) is 6.08. The smallest absolute Gasteiger partial charge is 0.259 e. The summed E-state index contributed by atoms with van der Waals surface area (Å²) in [5, 5.41) is 0.386. The van der Waals surface area contributed by atoms with E-state index < -0.39 is 23.5 Å². The molecule has 0 aliphatic carbocycles. The van der Waals surface area contributed by atoms with E-state index in [1.165, 1.54) is 12.3 Å². The zero-order chi connectivity index (χ0) is 17.3. The molecule has 1 nitrogen and oxygen atoms in total. The van der Waals surface area contributed by atoms with Gasteiger partial charge in [-0.1, -0.05) is 11.6 Å². The van der Waals surface area contributed by atoms with Crippen molar-refractivity contribution < 1.29 is 26.3 Å². The minimum atomic E-state index is -4.85. The van der Waals surface area contributed by atoms with Crippen molar-refractivity contribution in [3.05, 3.63) is 58.4 Å². The fourth-order valence-corrected chi connectivity index (χ4v) is 2.68. The van der Waals surface area contributed by atoms with Gasteiger partial charge in [-0.2, -0.15) is 26.3 Å². The number of hydrogen-bond acceptors (Lipinski definition) is 2. The first kappa shape index (κ1) is 17.9. The van der Waals surface area contributed by atoms with Gasteiger partial charge in [-0.05, 0) is 30.3 Å². The van der Waals surface area contributed by atoms with E-state index in [1.54, 1.807) is 6.07 Å². The lowest BCUT2D eigenvalue weighted by Crippen LogP contribution is -2.10. The first-order valence-corrected chi connectivity index (χ1v) is 7.45. The van der Waals surface area contributed by atoms with Gasteiger partial charge in [0.2, 0.25) is 0 Å². The molecule has 1 aromatic carbocycles. The average molecular weight is 372 g/mol. The van der Waals surface area contributed by atoms with Crippen LogP contribution in [-0.2, 0) is 18.1 Å². The zero-order valence-electron chi connectivity index (χ0n) is 11.2. The van der Waals surface area contributed by atoms with Crippen LogP contribution in [0.4, 0.5) is 26.3 Å². The van der Waals surface area contributed by atoms with Gasteiger partial charge < -0.3 is 0 Å². The molecule has 2 rings (SSSR count). The Balaban J connectivity index is 2.28. The Morgan fingerprint density at radius 2 is 1.48 bits per heavy atom. The summed E-state index contributed by atoms with van der Waals surface area (Å²) in [4.78, 5) is 3.80. The number of aromatic nitrogens is 1. The highest BCUT2D eigenvalue weighted by atomic mass is 35.5. The lowest BCUT2D eigenvalue weighted by molar-refractivity contribution is -0.143. The van der Waals surface area contributed by atoms with Crippen molar-refractivity contribution in [3.63, 3.8) is 0 Å². The van der Waals surface area contributed by atoms with Gasteiger partial charge in [-0.3, -0.25) is 4.98 Å². The molecular formula is C14H8ClF6NS. The average Bonchev–Trinajstić information content (AvgIpc) is 2.44. The van der Waals surface area contributed by atoms with Gasteiger partial charge in [0, 0.05) is 16.8 Å². The number of pyridine rings is 1. The molecule has 0 radical (unpaired) electrons. The van der Waals surface area contributed by atoms with Crippen LogP contribution in [0.25, 0.3) is 0 Å². The second-order valence-corrected chi connectivity index (χ2v) is 5.98. The Bertz CT molecular complexity index is 649. The number of nitrogens with zero attached hydrogens (tertiary/aromatic N) is 1. The largest absolute Gasteiger partial charge is 0.416 e. The monoisotopic (exact) mass is 371 g/mol. The van der Waals surface area contributed by atoms with Gasteiger partial charge in [0.05, 0.1) is 21.8 Å². The topological polar surface area (TPSA) is 12.9 Å². The van der Waals surface area contributed by atoms with Crippen molar-refractivity contribution in [2.45, 2.75) is 23.0 Å². The minimum Gasteiger partial charge on any atom is -0.259 e. The van der Waals surface area contributed by atoms with Crippen LogP contribution >= 0.6 is 23.4 Å². The number of rotatable bonds is 3. The molecule has 9 heteroatoms. The Morgan fingerprint density at radius 1 is 0.913 bits per heavy atom. The fraction of sp³-hybridized carbons (Fsp3) is 0.214. The molecular weight excluding hydrogens is 364 g/mol. The summed E-state index contributed by atoms with van der Waals surface area (Å²) >= 11 is 6.49. The molecule has 1 heterocycles. The molecule has 124 valence electrons. The Labute approximate surface area is 136 Å². The van der Waals surface area contributed by atoms with Crippen LogP contribution < -0.4 is 0 Å². The van der Waals surface area contributed by atoms with Crippen LogP contribution in [-0.4, -0.2) is 4.98 Å². The molecule has 0 fully saturated rings. The highest BCUT2D eigenvalue weighted by Gasteiger charge is 2.36. The van der Waals surface area contributed by atoms with Crippen LogP contribution in [0.5, 0.6) is 0 Å². The predicted molar refractivity (Wildman–Crippen MR) is 75.3 cm³/mol. The summed E-state index contributed by atoms with van der Waals surface area (Å²) in [6.45, 7) is 0. The number of benzene rings is 1. The summed E-state index contributed by atoms with van der Waals surface area (Å²) in [7, 11) is 0. The van der Waals surface area contributed by atoms with Crippen LogP contribution in [0.1, 0.15) is 16.8 Å². The first-order chi connectivity index (χ1) is 10.6. The highest BCUT2D eigenvalue weighted by Crippen LogP contribution is 2.38. The van der Waals surface area contributed by atoms with E-state index in [1.807, 2.05) is 0 Å². The van der Waals surface area contributed by atoms with Crippen LogP contribution in [0.2, 0.25) is 5.02 Å². The van der Waals surface area contributed by atoms with Gasteiger partial charge >= 0.3 is 12.4 Å². The number of thioether (sulfide) groups is 1. The van der Waals surface area contributed by atoms with Crippen molar-refractivity contribution in [2.75, 3.05) is 0 Å².